The van der Waals surface area contributed by atoms with E-state index in [1.807, 2.05) is 25.1 Å². The third kappa shape index (κ3) is 5.30. The summed E-state index contributed by atoms with van der Waals surface area (Å²) < 4.78 is 16.1. The Kier molecular flexibility index (Phi) is 7.47. The van der Waals surface area contributed by atoms with Gasteiger partial charge in [0.05, 0.1) is 26.8 Å². The molecule has 4 rings (SSSR count). The van der Waals surface area contributed by atoms with Gasteiger partial charge >= 0.3 is 0 Å². The molecule has 9 heteroatoms. The molecule has 0 aliphatic carbocycles. The Morgan fingerprint density at radius 1 is 0.917 bits per heavy atom. The highest BCUT2D eigenvalue weighted by Gasteiger charge is 2.27. The van der Waals surface area contributed by atoms with Crippen LogP contribution in [-0.2, 0) is 9.59 Å². The Hall–Kier alpha value is -4.01. The summed E-state index contributed by atoms with van der Waals surface area (Å²) in [5, 5.41) is 6.82. The van der Waals surface area contributed by atoms with Gasteiger partial charge in [-0.05, 0) is 49.6 Å². The molecule has 2 aromatic carbocycles. The standard InChI is InChI=1S/C27H32N4O5/c1-16-12-25(30-22-7-6-19(13-21(16)22)28-17(2)32)31-10-8-18(9-11-31)27(33)29-20-14-23(34-3)26(36-5)24(15-20)35-4/h6-7,12-15,18H,8-11H2,1-5H3,(H,28,32)(H,29,33). The number of benzene rings is 2. The quantitative estimate of drug-likeness (QED) is 0.505. The fraction of sp³-hybridized carbons (Fsp3) is 0.370. The predicted molar refractivity (Wildman–Crippen MR) is 140 cm³/mol. The normalized spacial score (nSPS) is 13.9. The number of aryl methyl sites for hydroxylation is 1. The highest BCUT2D eigenvalue weighted by molar-refractivity contribution is 5.94. The second-order valence-electron chi connectivity index (χ2n) is 8.88. The highest BCUT2D eigenvalue weighted by atomic mass is 16.5. The van der Waals surface area contributed by atoms with Crippen molar-refractivity contribution < 1.29 is 23.8 Å². The molecule has 36 heavy (non-hydrogen) atoms. The van der Waals surface area contributed by atoms with Crippen LogP contribution >= 0.6 is 0 Å². The maximum Gasteiger partial charge on any atom is 0.227 e. The molecular weight excluding hydrogens is 460 g/mol. The molecule has 2 heterocycles. The number of aromatic nitrogens is 1. The molecule has 0 spiro atoms. The van der Waals surface area contributed by atoms with E-state index in [2.05, 4.69) is 21.6 Å². The second kappa shape index (κ2) is 10.7. The van der Waals surface area contributed by atoms with E-state index in [4.69, 9.17) is 19.2 Å². The highest BCUT2D eigenvalue weighted by Crippen LogP contribution is 2.40. The molecule has 0 bridgehead atoms. The zero-order valence-corrected chi connectivity index (χ0v) is 21.3. The number of carbonyl (C=O) groups excluding carboxylic acids is 2. The molecule has 1 fully saturated rings. The lowest BCUT2D eigenvalue weighted by atomic mass is 9.95. The summed E-state index contributed by atoms with van der Waals surface area (Å²) in [4.78, 5) is 31.5. The van der Waals surface area contributed by atoms with E-state index >= 15 is 0 Å². The smallest absolute Gasteiger partial charge is 0.227 e. The Balaban J connectivity index is 1.43. The average molecular weight is 493 g/mol. The first-order chi connectivity index (χ1) is 17.3. The number of piperidine rings is 1. The number of hydrogen-bond acceptors (Lipinski definition) is 7. The van der Waals surface area contributed by atoms with E-state index in [0.717, 1.165) is 53.9 Å². The van der Waals surface area contributed by atoms with Crippen LogP contribution in [0.5, 0.6) is 17.2 Å². The third-order valence-electron chi connectivity index (χ3n) is 6.44. The van der Waals surface area contributed by atoms with Crippen molar-refractivity contribution in [2.45, 2.75) is 26.7 Å². The molecular formula is C27H32N4O5. The van der Waals surface area contributed by atoms with E-state index < -0.39 is 0 Å². The molecule has 2 amide bonds. The summed E-state index contributed by atoms with van der Waals surface area (Å²) in [6, 6.07) is 11.3. The molecule has 1 aliphatic rings. The van der Waals surface area contributed by atoms with Crippen molar-refractivity contribution in [1.29, 1.82) is 0 Å². The van der Waals surface area contributed by atoms with Crippen LogP contribution in [0.4, 0.5) is 17.2 Å². The molecule has 190 valence electrons. The summed E-state index contributed by atoms with van der Waals surface area (Å²) in [6.45, 7) is 5.00. The zero-order valence-electron chi connectivity index (χ0n) is 21.3. The van der Waals surface area contributed by atoms with Crippen LogP contribution in [0.15, 0.2) is 36.4 Å². The minimum atomic E-state index is -0.109. The van der Waals surface area contributed by atoms with Gasteiger partial charge in [0.15, 0.2) is 11.5 Å². The maximum absolute atomic E-state index is 13.0. The van der Waals surface area contributed by atoms with Crippen LogP contribution < -0.4 is 29.7 Å². The average Bonchev–Trinajstić information content (AvgIpc) is 2.88. The molecule has 3 aromatic rings. The van der Waals surface area contributed by atoms with E-state index in [1.165, 1.54) is 6.92 Å². The van der Waals surface area contributed by atoms with Gasteiger partial charge in [-0.15, -0.1) is 0 Å². The van der Waals surface area contributed by atoms with Gasteiger partial charge in [0, 0.05) is 54.8 Å². The summed E-state index contributed by atoms with van der Waals surface area (Å²) >= 11 is 0. The Bertz CT molecular complexity index is 1260. The molecule has 1 aromatic heterocycles. The second-order valence-corrected chi connectivity index (χ2v) is 8.88. The number of carbonyl (C=O) groups is 2. The van der Waals surface area contributed by atoms with Crippen LogP contribution in [0.3, 0.4) is 0 Å². The lowest BCUT2D eigenvalue weighted by Gasteiger charge is -2.32. The zero-order chi connectivity index (χ0) is 25.8. The monoisotopic (exact) mass is 492 g/mol. The first kappa shape index (κ1) is 25.1. The van der Waals surface area contributed by atoms with Crippen molar-refractivity contribution in [2.75, 3.05) is 50.0 Å². The molecule has 9 nitrogen and oxygen atoms in total. The van der Waals surface area contributed by atoms with Gasteiger partial charge in [-0.1, -0.05) is 0 Å². The van der Waals surface area contributed by atoms with E-state index in [1.54, 1.807) is 33.5 Å². The molecule has 1 saturated heterocycles. The molecule has 0 saturated carbocycles. The fourth-order valence-electron chi connectivity index (χ4n) is 4.59. The number of nitrogens with zero attached hydrogens (tertiary/aromatic N) is 2. The molecule has 2 N–H and O–H groups in total. The van der Waals surface area contributed by atoms with Crippen molar-refractivity contribution >= 4 is 39.9 Å². The minimum Gasteiger partial charge on any atom is -0.493 e. The van der Waals surface area contributed by atoms with Gasteiger partial charge in [0.2, 0.25) is 17.6 Å². The number of pyridine rings is 1. The van der Waals surface area contributed by atoms with Crippen molar-refractivity contribution in [2.24, 2.45) is 5.92 Å². The third-order valence-corrected chi connectivity index (χ3v) is 6.44. The predicted octanol–water partition coefficient (Wildman–Crippen LogP) is 4.38. The van der Waals surface area contributed by atoms with E-state index in [0.29, 0.717) is 22.9 Å². The summed E-state index contributed by atoms with van der Waals surface area (Å²) in [5.74, 6) is 2.12. The number of rotatable bonds is 7. The van der Waals surface area contributed by atoms with Gasteiger partial charge in [-0.3, -0.25) is 9.59 Å². The fourth-order valence-corrected chi connectivity index (χ4v) is 4.59. The van der Waals surface area contributed by atoms with Crippen molar-refractivity contribution in [3.63, 3.8) is 0 Å². The topological polar surface area (TPSA) is 102 Å². The lowest BCUT2D eigenvalue weighted by Crippen LogP contribution is -2.38. The molecule has 0 unspecified atom stereocenters. The van der Waals surface area contributed by atoms with Gasteiger partial charge in [0.25, 0.3) is 0 Å². The number of nitrogens with one attached hydrogen (secondary N) is 2. The summed E-state index contributed by atoms with van der Waals surface area (Å²) in [5.41, 5.74) is 3.32. The van der Waals surface area contributed by atoms with E-state index in [9.17, 15) is 9.59 Å². The molecule has 0 radical (unpaired) electrons. The van der Waals surface area contributed by atoms with Gasteiger partial charge in [-0.2, -0.15) is 0 Å². The Morgan fingerprint density at radius 3 is 2.17 bits per heavy atom. The van der Waals surface area contributed by atoms with Crippen molar-refractivity contribution in [1.82, 2.24) is 4.98 Å². The molecule has 0 atom stereocenters. The first-order valence-corrected chi connectivity index (χ1v) is 11.9. The number of methoxy groups -OCH3 is 3. The van der Waals surface area contributed by atoms with Crippen LogP contribution in [0, 0.1) is 12.8 Å². The number of hydrogen-bond donors (Lipinski definition) is 2. The van der Waals surface area contributed by atoms with Crippen LogP contribution in [-0.4, -0.2) is 51.2 Å². The Labute approximate surface area is 210 Å². The SMILES string of the molecule is COc1cc(NC(=O)C2CCN(c3cc(C)c4cc(NC(C)=O)ccc4n3)CC2)cc(OC)c1OC. The van der Waals surface area contributed by atoms with E-state index in [-0.39, 0.29) is 17.7 Å². The first-order valence-electron chi connectivity index (χ1n) is 11.9. The number of fused-ring (bicyclic) bond motifs is 1. The maximum atomic E-state index is 13.0. The summed E-state index contributed by atoms with van der Waals surface area (Å²) in [6.07, 6.45) is 1.44. The van der Waals surface area contributed by atoms with Crippen LogP contribution in [0.25, 0.3) is 10.9 Å². The molecule has 1 aliphatic heterocycles. The number of anilines is 3. The van der Waals surface area contributed by atoms with Crippen molar-refractivity contribution in [3.05, 3.63) is 42.0 Å². The van der Waals surface area contributed by atoms with Gasteiger partial charge in [0.1, 0.15) is 5.82 Å². The Morgan fingerprint density at radius 2 is 1.58 bits per heavy atom. The number of amides is 2. The van der Waals surface area contributed by atoms with Gasteiger partial charge < -0.3 is 29.7 Å². The van der Waals surface area contributed by atoms with Gasteiger partial charge in [-0.25, -0.2) is 4.98 Å². The lowest BCUT2D eigenvalue weighted by molar-refractivity contribution is -0.120. The minimum absolute atomic E-state index is 0.0305. The number of ether oxygens (including phenoxy) is 3. The largest absolute Gasteiger partial charge is 0.493 e. The summed E-state index contributed by atoms with van der Waals surface area (Å²) in [7, 11) is 4.63. The van der Waals surface area contributed by atoms with Crippen molar-refractivity contribution in [3.8, 4) is 17.2 Å². The van der Waals surface area contributed by atoms with Crippen LogP contribution in [0.2, 0.25) is 0 Å². The van der Waals surface area contributed by atoms with Crippen LogP contribution in [0.1, 0.15) is 25.3 Å².